The molecule has 0 aliphatic carbocycles. The number of hydrogen-bond donors (Lipinski definition) is 1. The summed E-state index contributed by atoms with van der Waals surface area (Å²) in [5, 5.41) is 9.99. The fourth-order valence-electron chi connectivity index (χ4n) is 3.40. The van der Waals surface area contributed by atoms with Crippen LogP contribution < -0.4 is 4.74 Å². The molecule has 140 valence electrons. The average molecular weight is 466 g/mol. The average Bonchev–Trinajstić information content (AvgIpc) is 2.63. The maximum Gasteiger partial charge on any atom is 0.171 e. The Morgan fingerprint density at radius 3 is 2.12 bits per heavy atom. The van der Waals surface area contributed by atoms with Gasteiger partial charge in [0.2, 0.25) is 0 Å². The Morgan fingerprint density at radius 1 is 0.923 bits per heavy atom. The lowest BCUT2D eigenvalue weighted by atomic mass is 10.1. The van der Waals surface area contributed by atoms with Crippen molar-refractivity contribution in [1.82, 2.24) is 9.80 Å². The predicted octanol–water partition coefficient (Wildman–Crippen LogP) is 3.94. The highest BCUT2D eigenvalue weighted by molar-refractivity contribution is 14.1. The van der Waals surface area contributed by atoms with Crippen LogP contribution in [0.3, 0.4) is 0 Å². The monoisotopic (exact) mass is 466 g/mol. The van der Waals surface area contributed by atoms with Crippen LogP contribution in [-0.4, -0.2) is 48.2 Å². The van der Waals surface area contributed by atoms with Crippen molar-refractivity contribution in [2.45, 2.75) is 26.9 Å². The zero-order valence-electron chi connectivity index (χ0n) is 15.8. The van der Waals surface area contributed by atoms with E-state index >= 15 is 0 Å². The zero-order chi connectivity index (χ0) is 18.7. The van der Waals surface area contributed by atoms with Crippen molar-refractivity contribution in [2.24, 2.45) is 0 Å². The summed E-state index contributed by atoms with van der Waals surface area (Å²) in [7, 11) is 1.60. The van der Waals surface area contributed by atoms with Gasteiger partial charge in [-0.15, -0.1) is 0 Å². The molecule has 0 saturated carbocycles. The standard InChI is InChI=1S/C21H27IN2O2/c1-15-4-5-17(10-16(15)2)13-23-6-8-24(9-7-23)14-18-11-19(22)21(25)20(12-18)26-3/h4-5,10-12,25H,6-9,13-14H2,1-3H3. The van der Waals surface area contributed by atoms with Crippen LogP contribution >= 0.6 is 22.6 Å². The van der Waals surface area contributed by atoms with Crippen LogP contribution in [0.5, 0.6) is 11.5 Å². The fraction of sp³-hybridized carbons (Fsp3) is 0.429. The minimum Gasteiger partial charge on any atom is -0.504 e. The topological polar surface area (TPSA) is 35.9 Å². The van der Waals surface area contributed by atoms with Gasteiger partial charge in [-0.05, 0) is 70.8 Å². The first-order valence-electron chi connectivity index (χ1n) is 9.02. The van der Waals surface area contributed by atoms with Gasteiger partial charge in [0.15, 0.2) is 11.5 Å². The predicted molar refractivity (Wildman–Crippen MR) is 114 cm³/mol. The Balaban J connectivity index is 1.55. The summed E-state index contributed by atoms with van der Waals surface area (Å²) in [6.45, 7) is 10.6. The minimum atomic E-state index is 0.232. The normalized spacial score (nSPS) is 16.0. The molecule has 0 bridgehead atoms. The molecule has 1 heterocycles. The van der Waals surface area contributed by atoms with Crippen LogP contribution in [-0.2, 0) is 13.1 Å². The number of rotatable bonds is 5. The summed E-state index contributed by atoms with van der Waals surface area (Å²) in [6, 6.07) is 10.8. The van der Waals surface area contributed by atoms with E-state index in [1.54, 1.807) is 7.11 Å². The van der Waals surface area contributed by atoms with Crippen molar-refractivity contribution in [3.8, 4) is 11.5 Å². The maximum atomic E-state index is 9.99. The summed E-state index contributed by atoms with van der Waals surface area (Å²) in [5.41, 5.74) is 5.32. The summed E-state index contributed by atoms with van der Waals surface area (Å²) in [5.74, 6) is 0.787. The van der Waals surface area contributed by atoms with Gasteiger partial charge in [-0.25, -0.2) is 0 Å². The van der Waals surface area contributed by atoms with Gasteiger partial charge in [0, 0.05) is 39.3 Å². The molecule has 1 aliphatic rings. The molecule has 0 unspecified atom stereocenters. The lowest BCUT2D eigenvalue weighted by Gasteiger charge is -2.35. The highest BCUT2D eigenvalue weighted by Gasteiger charge is 2.18. The van der Waals surface area contributed by atoms with E-state index < -0.39 is 0 Å². The molecular formula is C21H27IN2O2. The molecule has 1 N–H and O–H groups in total. The molecule has 0 atom stereocenters. The molecule has 26 heavy (non-hydrogen) atoms. The quantitative estimate of drug-likeness (QED) is 0.678. The number of phenols is 1. The molecule has 1 saturated heterocycles. The molecule has 4 nitrogen and oxygen atoms in total. The molecule has 5 heteroatoms. The van der Waals surface area contributed by atoms with Crippen molar-refractivity contribution in [3.63, 3.8) is 0 Å². The Labute approximate surface area is 169 Å². The molecule has 2 aromatic carbocycles. The van der Waals surface area contributed by atoms with Gasteiger partial charge in [-0.1, -0.05) is 18.2 Å². The zero-order valence-corrected chi connectivity index (χ0v) is 17.9. The van der Waals surface area contributed by atoms with E-state index in [2.05, 4.69) is 64.4 Å². The second-order valence-corrected chi connectivity index (χ2v) is 8.26. The second-order valence-electron chi connectivity index (χ2n) is 7.10. The minimum absolute atomic E-state index is 0.232. The molecule has 0 spiro atoms. The first-order valence-corrected chi connectivity index (χ1v) is 10.1. The molecule has 0 aromatic heterocycles. The summed E-state index contributed by atoms with van der Waals surface area (Å²) in [6.07, 6.45) is 0. The van der Waals surface area contributed by atoms with Crippen LogP contribution in [0.2, 0.25) is 0 Å². The number of phenolic OH excluding ortho intramolecular Hbond substituents is 1. The maximum absolute atomic E-state index is 9.99. The van der Waals surface area contributed by atoms with E-state index in [0.717, 1.165) is 42.8 Å². The van der Waals surface area contributed by atoms with Crippen LogP contribution in [0.15, 0.2) is 30.3 Å². The summed E-state index contributed by atoms with van der Waals surface area (Å²) >= 11 is 2.16. The van der Waals surface area contributed by atoms with Gasteiger partial charge in [0.05, 0.1) is 10.7 Å². The van der Waals surface area contributed by atoms with Crippen LogP contribution in [0.4, 0.5) is 0 Å². The third-order valence-electron chi connectivity index (χ3n) is 5.16. The molecule has 1 fully saturated rings. The first-order chi connectivity index (χ1) is 12.5. The van der Waals surface area contributed by atoms with E-state index in [4.69, 9.17) is 4.74 Å². The van der Waals surface area contributed by atoms with Gasteiger partial charge in [0.25, 0.3) is 0 Å². The SMILES string of the molecule is COc1cc(CN2CCN(Cc3ccc(C)c(C)c3)CC2)cc(I)c1O. The number of methoxy groups -OCH3 is 1. The molecule has 0 amide bonds. The van der Waals surface area contributed by atoms with Gasteiger partial charge < -0.3 is 9.84 Å². The lowest BCUT2D eigenvalue weighted by Crippen LogP contribution is -2.45. The Kier molecular flexibility index (Phi) is 6.42. The molecule has 3 rings (SSSR count). The number of aryl methyl sites for hydroxylation is 2. The number of piperazine rings is 1. The van der Waals surface area contributed by atoms with Crippen molar-refractivity contribution >= 4 is 22.6 Å². The Morgan fingerprint density at radius 2 is 1.54 bits per heavy atom. The van der Waals surface area contributed by atoms with E-state index in [0.29, 0.717) is 5.75 Å². The van der Waals surface area contributed by atoms with E-state index in [9.17, 15) is 5.11 Å². The molecule has 2 aromatic rings. The smallest absolute Gasteiger partial charge is 0.171 e. The number of halogens is 1. The third kappa shape index (κ3) is 4.69. The van der Waals surface area contributed by atoms with Crippen molar-refractivity contribution in [3.05, 3.63) is 56.2 Å². The van der Waals surface area contributed by atoms with Crippen molar-refractivity contribution < 1.29 is 9.84 Å². The number of ether oxygens (including phenoxy) is 1. The summed E-state index contributed by atoms with van der Waals surface area (Å²) in [4.78, 5) is 5.00. The summed E-state index contributed by atoms with van der Waals surface area (Å²) < 4.78 is 6.11. The van der Waals surface area contributed by atoms with E-state index in [1.165, 1.54) is 22.3 Å². The molecule has 0 radical (unpaired) electrons. The van der Waals surface area contributed by atoms with Gasteiger partial charge >= 0.3 is 0 Å². The van der Waals surface area contributed by atoms with Crippen LogP contribution in [0.25, 0.3) is 0 Å². The van der Waals surface area contributed by atoms with Gasteiger partial charge in [0.1, 0.15) is 0 Å². The number of aromatic hydroxyl groups is 1. The van der Waals surface area contributed by atoms with Crippen LogP contribution in [0, 0.1) is 17.4 Å². The number of hydrogen-bond acceptors (Lipinski definition) is 4. The van der Waals surface area contributed by atoms with Crippen molar-refractivity contribution in [1.29, 1.82) is 0 Å². The Bertz CT molecular complexity index is 771. The van der Waals surface area contributed by atoms with Crippen LogP contribution in [0.1, 0.15) is 22.3 Å². The van der Waals surface area contributed by atoms with Gasteiger partial charge in [-0.2, -0.15) is 0 Å². The molecular weight excluding hydrogens is 439 g/mol. The highest BCUT2D eigenvalue weighted by Crippen LogP contribution is 2.32. The Hall–Kier alpha value is -1.31. The van der Waals surface area contributed by atoms with E-state index in [1.807, 2.05) is 12.1 Å². The lowest BCUT2D eigenvalue weighted by molar-refractivity contribution is 0.122. The highest BCUT2D eigenvalue weighted by atomic mass is 127. The third-order valence-corrected chi connectivity index (χ3v) is 5.98. The first kappa shape index (κ1) is 19.5. The van der Waals surface area contributed by atoms with E-state index in [-0.39, 0.29) is 5.75 Å². The molecule has 1 aliphatic heterocycles. The van der Waals surface area contributed by atoms with Crippen molar-refractivity contribution in [2.75, 3.05) is 33.3 Å². The van der Waals surface area contributed by atoms with Gasteiger partial charge in [-0.3, -0.25) is 9.80 Å². The largest absolute Gasteiger partial charge is 0.504 e. The number of benzene rings is 2. The fourth-order valence-corrected chi connectivity index (χ4v) is 4.06. The number of nitrogens with zero attached hydrogens (tertiary/aromatic N) is 2. The second kappa shape index (κ2) is 8.59.